The summed E-state index contributed by atoms with van der Waals surface area (Å²) >= 11 is 0. The van der Waals surface area contributed by atoms with Crippen molar-refractivity contribution in [3.05, 3.63) is 60.8 Å². The van der Waals surface area contributed by atoms with E-state index in [1.54, 1.807) is 6.08 Å². The third kappa shape index (κ3) is 52.9. The van der Waals surface area contributed by atoms with Gasteiger partial charge in [-0.3, -0.25) is 9.59 Å². The maximum atomic E-state index is 12.4. The SMILES string of the molecule is CCCCC/C=C\C/C=C\CCCCCCCC(=O)OCCCCCCCC/C=C\C/C=C\CCC(=O)NC(CO)C(O)/C=C/CCCCCCCCCCCCCCCCCCCCCCC. The number of unbranched alkanes of at least 4 members (excludes halogenated alkanes) is 35. The lowest BCUT2D eigenvalue weighted by molar-refractivity contribution is -0.143. The van der Waals surface area contributed by atoms with Crippen LogP contribution in [0.4, 0.5) is 0 Å². The van der Waals surface area contributed by atoms with E-state index in [-0.39, 0.29) is 18.5 Å². The van der Waals surface area contributed by atoms with Gasteiger partial charge in [-0.05, 0) is 83.5 Å². The van der Waals surface area contributed by atoms with Crippen molar-refractivity contribution in [2.45, 2.75) is 309 Å². The Hall–Kier alpha value is -2.44. The number of hydrogen-bond donors (Lipinski definition) is 3. The van der Waals surface area contributed by atoms with E-state index in [0.717, 1.165) is 64.2 Å². The molecule has 0 saturated carbocycles. The van der Waals surface area contributed by atoms with E-state index < -0.39 is 12.1 Å². The number of esters is 1. The van der Waals surface area contributed by atoms with E-state index in [9.17, 15) is 19.8 Å². The number of nitrogens with one attached hydrogen (secondary N) is 1. The van der Waals surface area contributed by atoms with Crippen LogP contribution in [0.2, 0.25) is 0 Å². The summed E-state index contributed by atoms with van der Waals surface area (Å²) in [4.78, 5) is 24.5. The van der Waals surface area contributed by atoms with Crippen molar-refractivity contribution >= 4 is 11.9 Å². The molecule has 0 heterocycles. The zero-order valence-corrected chi connectivity index (χ0v) is 45.1. The maximum absolute atomic E-state index is 12.4. The molecule has 2 atom stereocenters. The number of aliphatic hydroxyl groups is 2. The third-order valence-corrected chi connectivity index (χ3v) is 13.3. The first-order chi connectivity index (χ1) is 33.5. The monoisotopic (exact) mass is 952 g/mol. The van der Waals surface area contributed by atoms with Gasteiger partial charge in [0.1, 0.15) is 0 Å². The first-order valence-corrected chi connectivity index (χ1v) is 29.6. The number of ether oxygens (including phenoxy) is 1. The number of amides is 1. The van der Waals surface area contributed by atoms with Crippen molar-refractivity contribution in [3.8, 4) is 0 Å². The van der Waals surface area contributed by atoms with E-state index >= 15 is 0 Å². The van der Waals surface area contributed by atoms with Crippen LogP contribution in [-0.2, 0) is 14.3 Å². The fraction of sp³-hybridized carbons (Fsp3) is 0.806. The van der Waals surface area contributed by atoms with Gasteiger partial charge in [-0.1, -0.05) is 261 Å². The highest BCUT2D eigenvalue weighted by molar-refractivity contribution is 5.76. The van der Waals surface area contributed by atoms with Gasteiger partial charge in [-0.25, -0.2) is 0 Å². The van der Waals surface area contributed by atoms with Crippen molar-refractivity contribution in [1.29, 1.82) is 0 Å². The van der Waals surface area contributed by atoms with Gasteiger partial charge >= 0.3 is 5.97 Å². The minimum absolute atomic E-state index is 0.0328. The van der Waals surface area contributed by atoms with Crippen molar-refractivity contribution in [3.63, 3.8) is 0 Å². The molecule has 0 radical (unpaired) electrons. The summed E-state index contributed by atoms with van der Waals surface area (Å²) in [7, 11) is 0. The lowest BCUT2D eigenvalue weighted by atomic mass is 10.0. The molecule has 0 aromatic carbocycles. The van der Waals surface area contributed by atoms with Gasteiger partial charge in [0.25, 0.3) is 0 Å². The van der Waals surface area contributed by atoms with Gasteiger partial charge < -0.3 is 20.3 Å². The maximum Gasteiger partial charge on any atom is 0.305 e. The van der Waals surface area contributed by atoms with Crippen molar-refractivity contribution < 1.29 is 24.5 Å². The van der Waals surface area contributed by atoms with Gasteiger partial charge in [-0.2, -0.15) is 0 Å². The fourth-order valence-electron chi connectivity index (χ4n) is 8.71. The molecule has 68 heavy (non-hydrogen) atoms. The van der Waals surface area contributed by atoms with Crippen molar-refractivity contribution in [2.75, 3.05) is 13.2 Å². The molecule has 6 heteroatoms. The van der Waals surface area contributed by atoms with Crippen molar-refractivity contribution in [1.82, 2.24) is 5.32 Å². The molecule has 0 rings (SSSR count). The predicted molar refractivity (Wildman–Crippen MR) is 296 cm³/mol. The summed E-state index contributed by atoms with van der Waals surface area (Å²) in [6, 6.07) is -0.675. The first-order valence-electron chi connectivity index (χ1n) is 29.6. The van der Waals surface area contributed by atoms with Gasteiger partial charge in [0, 0.05) is 12.8 Å². The Balaban J connectivity index is 3.59. The summed E-state index contributed by atoms with van der Waals surface area (Å²) in [5.41, 5.74) is 0. The summed E-state index contributed by atoms with van der Waals surface area (Å²) in [5, 5.41) is 23.1. The molecule has 6 nitrogen and oxygen atoms in total. The molecule has 0 spiro atoms. The number of rotatable bonds is 54. The molecule has 3 N–H and O–H groups in total. The highest BCUT2D eigenvalue weighted by atomic mass is 16.5. The average Bonchev–Trinajstić information content (AvgIpc) is 3.34. The second kappa shape index (κ2) is 57.1. The van der Waals surface area contributed by atoms with E-state index in [1.807, 2.05) is 12.2 Å². The van der Waals surface area contributed by atoms with Crippen LogP contribution >= 0.6 is 0 Å². The molecule has 396 valence electrons. The molecule has 0 aliphatic heterocycles. The Kier molecular flexibility index (Phi) is 55.1. The van der Waals surface area contributed by atoms with Crippen LogP contribution in [0.5, 0.6) is 0 Å². The average molecular weight is 953 g/mol. The van der Waals surface area contributed by atoms with Gasteiger partial charge in [-0.15, -0.1) is 0 Å². The molecule has 0 aliphatic rings. The molecular weight excluding hydrogens is 839 g/mol. The Morgan fingerprint density at radius 2 is 0.750 bits per heavy atom. The summed E-state index contributed by atoms with van der Waals surface area (Å²) < 4.78 is 5.45. The number of carbonyl (C=O) groups excluding carboxylic acids is 2. The smallest absolute Gasteiger partial charge is 0.305 e. The van der Waals surface area contributed by atoms with Crippen molar-refractivity contribution in [2.24, 2.45) is 0 Å². The van der Waals surface area contributed by atoms with Crippen LogP contribution in [0, 0.1) is 0 Å². The Morgan fingerprint density at radius 1 is 0.412 bits per heavy atom. The van der Waals surface area contributed by atoms with Crippen LogP contribution in [0.25, 0.3) is 0 Å². The highest BCUT2D eigenvalue weighted by Gasteiger charge is 2.17. The second-order valence-corrected chi connectivity index (χ2v) is 20.0. The molecule has 1 amide bonds. The standard InChI is InChI=1S/C62H113NO5/c1-3-5-7-9-11-13-15-17-19-20-21-22-23-24-25-26-28-30-34-38-42-46-50-54-60(65)59(58-64)63-61(66)55-51-47-43-39-35-31-29-33-37-41-45-49-53-57-68-62(67)56-52-48-44-40-36-32-27-18-16-14-12-10-8-6-4-2/h12,14,18,27,31,35,43,47,50,54,59-60,64-65H,3-11,13,15-17,19-26,28-30,32-34,36-42,44-46,48-49,51-53,55-58H2,1-2H3,(H,63,66)/b14-12-,27-18-,35-31-,47-43-,54-50+. The summed E-state index contributed by atoms with van der Waals surface area (Å²) in [5.74, 6) is -0.181. The minimum Gasteiger partial charge on any atom is -0.466 e. The quantitative estimate of drug-likeness (QED) is 0.0321. The summed E-state index contributed by atoms with van der Waals surface area (Å²) in [6.07, 6.45) is 74.0. The summed E-state index contributed by atoms with van der Waals surface area (Å²) in [6.45, 7) is 4.81. The molecule has 0 aliphatic carbocycles. The van der Waals surface area contributed by atoms with E-state index in [1.165, 1.54) is 199 Å². The van der Waals surface area contributed by atoms with Gasteiger partial charge in [0.05, 0.1) is 25.4 Å². The lowest BCUT2D eigenvalue weighted by Gasteiger charge is -2.19. The van der Waals surface area contributed by atoms with E-state index in [2.05, 4.69) is 61.7 Å². The molecule has 0 fully saturated rings. The molecule has 0 aromatic rings. The van der Waals surface area contributed by atoms with Crippen LogP contribution in [0.15, 0.2) is 60.8 Å². The second-order valence-electron chi connectivity index (χ2n) is 20.0. The van der Waals surface area contributed by atoms with Crippen LogP contribution in [0.1, 0.15) is 296 Å². The number of allylic oxidation sites excluding steroid dienone is 9. The normalized spacial score (nSPS) is 13.1. The highest BCUT2D eigenvalue weighted by Crippen LogP contribution is 2.16. The topological polar surface area (TPSA) is 95.9 Å². The van der Waals surface area contributed by atoms with Crippen LogP contribution in [-0.4, -0.2) is 47.4 Å². The molecule has 2 unspecified atom stereocenters. The zero-order valence-electron chi connectivity index (χ0n) is 45.1. The largest absolute Gasteiger partial charge is 0.466 e. The fourth-order valence-corrected chi connectivity index (χ4v) is 8.71. The molecular formula is C62H113NO5. The first kappa shape index (κ1) is 65.6. The minimum atomic E-state index is -0.882. The molecule has 0 saturated heterocycles. The van der Waals surface area contributed by atoms with Gasteiger partial charge in [0.2, 0.25) is 5.91 Å². The van der Waals surface area contributed by atoms with E-state index in [4.69, 9.17) is 4.74 Å². The molecule has 0 aromatic heterocycles. The van der Waals surface area contributed by atoms with Crippen LogP contribution < -0.4 is 5.32 Å². The number of hydrogen-bond acceptors (Lipinski definition) is 5. The van der Waals surface area contributed by atoms with E-state index in [0.29, 0.717) is 25.9 Å². The number of aliphatic hydroxyl groups excluding tert-OH is 2. The predicted octanol–water partition coefficient (Wildman–Crippen LogP) is 18.4. The Bertz CT molecular complexity index is 1190. The Morgan fingerprint density at radius 3 is 1.18 bits per heavy atom. The zero-order chi connectivity index (χ0) is 49.3. The lowest BCUT2D eigenvalue weighted by Crippen LogP contribution is -2.45. The third-order valence-electron chi connectivity index (χ3n) is 13.3. The molecule has 0 bridgehead atoms. The van der Waals surface area contributed by atoms with Gasteiger partial charge in [0.15, 0.2) is 0 Å². The number of carbonyl (C=O) groups is 2. The van der Waals surface area contributed by atoms with Crippen LogP contribution in [0.3, 0.4) is 0 Å². The Labute approximate surface area is 422 Å².